The average molecular weight is 206 g/mol. The van der Waals surface area contributed by atoms with Gasteiger partial charge in [0, 0.05) is 5.25 Å². The number of allylic oxidation sites excluding steroid dienone is 1. The van der Waals surface area contributed by atoms with Gasteiger partial charge in [-0.05, 0) is 38.8 Å². The van der Waals surface area contributed by atoms with Crippen LogP contribution in [0.25, 0.3) is 0 Å². The van der Waals surface area contributed by atoms with E-state index in [1.807, 2.05) is 0 Å². The molecule has 14 heavy (non-hydrogen) atoms. The van der Waals surface area contributed by atoms with E-state index in [-0.39, 0.29) is 5.25 Å². The van der Waals surface area contributed by atoms with Crippen LogP contribution in [0.1, 0.15) is 35.8 Å². The van der Waals surface area contributed by atoms with Crippen LogP contribution in [0.2, 0.25) is 0 Å². The van der Waals surface area contributed by atoms with Crippen LogP contribution >= 0.6 is 12.6 Å². The quantitative estimate of drug-likeness (QED) is 0.543. The second-order valence-electron chi connectivity index (χ2n) is 4.05. The van der Waals surface area contributed by atoms with E-state index in [1.165, 1.54) is 22.3 Å². The normalized spacial score (nSPS) is 12.4. The van der Waals surface area contributed by atoms with Gasteiger partial charge in [-0.2, -0.15) is 12.6 Å². The molecular formula is C13H18S. The Bertz CT molecular complexity index is 346. The highest BCUT2D eigenvalue weighted by molar-refractivity contribution is 7.80. The van der Waals surface area contributed by atoms with Crippen LogP contribution in [-0.4, -0.2) is 0 Å². The van der Waals surface area contributed by atoms with Crippen molar-refractivity contribution in [2.75, 3.05) is 0 Å². The van der Waals surface area contributed by atoms with Gasteiger partial charge in [0.1, 0.15) is 0 Å². The second-order valence-corrected chi connectivity index (χ2v) is 4.61. The first-order chi connectivity index (χ1) is 6.50. The maximum atomic E-state index is 4.60. The van der Waals surface area contributed by atoms with E-state index in [9.17, 15) is 0 Å². The molecule has 1 atom stereocenters. The van der Waals surface area contributed by atoms with Crippen LogP contribution in [0.15, 0.2) is 29.8 Å². The van der Waals surface area contributed by atoms with Gasteiger partial charge < -0.3 is 0 Å². The maximum Gasteiger partial charge on any atom is 0.0452 e. The second kappa shape index (κ2) is 4.70. The minimum atomic E-state index is 0.222. The molecule has 1 heteroatoms. The third-order valence-electron chi connectivity index (χ3n) is 2.24. The molecule has 1 aromatic carbocycles. The van der Waals surface area contributed by atoms with Crippen molar-refractivity contribution in [2.24, 2.45) is 0 Å². The molecule has 0 bridgehead atoms. The monoisotopic (exact) mass is 206 g/mol. The van der Waals surface area contributed by atoms with Crippen molar-refractivity contribution >= 4 is 12.6 Å². The largest absolute Gasteiger partial charge is 0.167 e. The molecule has 1 rings (SSSR count). The Morgan fingerprint density at radius 2 is 1.93 bits per heavy atom. The molecule has 0 aliphatic heterocycles. The van der Waals surface area contributed by atoms with Gasteiger partial charge in [0.15, 0.2) is 0 Å². The number of aryl methyl sites for hydroxylation is 2. The van der Waals surface area contributed by atoms with Crippen LogP contribution in [0.3, 0.4) is 0 Å². The van der Waals surface area contributed by atoms with Gasteiger partial charge in [-0.25, -0.2) is 0 Å². The van der Waals surface area contributed by atoms with E-state index < -0.39 is 0 Å². The lowest BCUT2D eigenvalue weighted by atomic mass is 10.0. The predicted octanol–water partition coefficient (Wildman–Crippen LogP) is 4.24. The van der Waals surface area contributed by atoms with Gasteiger partial charge >= 0.3 is 0 Å². The molecule has 0 aliphatic carbocycles. The molecule has 0 heterocycles. The van der Waals surface area contributed by atoms with E-state index in [0.29, 0.717) is 0 Å². The molecule has 0 fully saturated rings. The van der Waals surface area contributed by atoms with E-state index in [0.717, 1.165) is 0 Å². The number of hydrogen-bond acceptors (Lipinski definition) is 1. The van der Waals surface area contributed by atoms with Crippen LogP contribution in [0.5, 0.6) is 0 Å². The fraction of sp³-hybridized carbons (Fsp3) is 0.385. The Kier molecular flexibility index (Phi) is 3.82. The lowest BCUT2D eigenvalue weighted by molar-refractivity contribution is 1.15. The Morgan fingerprint density at radius 1 is 1.29 bits per heavy atom. The smallest absolute Gasteiger partial charge is 0.0452 e. The summed E-state index contributed by atoms with van der Waals surface area (Å²) in [6, 6.07) is 6.51. The number of thiol groups is 1. The predicted molar refractivity (Wildman–Crippen MR) is 67.1 cm³/mol. The number of rotatable bonds is 2. The van der Waals surface area contributed by atoms with Crippen molar-refractivity contribution in [3.63, 3.8) is 0 Å². The molecule has 0 saturated carbocycles. The first kappa shape index (κ1) is 11.4. The van der Waals surface area contributed by atoms with E-state index in [2.05, 4.69) is 64.6 Å². The Balaban J connectivity index is 3.05. The Morgan fingerprint density at radius 3 is 2.50 bits per heavy atom. The van der Waals surface area contributed by atoms with Gasteiger partial charge in [0.2, 0.25) is 0 Å². The zero-order chi connectivity index (χ0) is 10.7. The molecule has 1 unspecified atom stereocenters. The molecule has 1 aromatic rings. The molecule has 0 saturated heterocycles. The molecular weight excluding hydrogens is 188 g/mol. The zero-order valence-electron chi connectivity index (χ0n) is 9.33. The first-order valence-electron chi connectivity index (χ1n) is 4.91. The standard InChI is InChI=1S/C13H18S/c1-9(2)7-13(14)12-8-10(3)5-6-11(12)4/h5-8,13-14H,1-4H3. The van der Waals surface area contributed by atoms with Crippen LogP contribution < -0.4 is 0 Å². The van der Waals surface area contributed by atoms with Crippen molar-refractivity contribution in [1.29, 1.82) is 0 Å². The van der Waals surface area contributed by atoms with Crippen LogP contribution in [0.4, 0.5) is 0 Å². The van der Waals surface area contributed by atoms with E-state index >= 15 is 0 Å². The summed E-state index contributed by atoms with van der Waals surface area (Å²) < 4.78 is 0. The first-order valence-corrected chi connectivity index (χ1v) is 5.42. The molecule has 0 aromatic heterocycles. The summed E-state index contributed by atoms with van der Waals surface area (Å²) in [6.07, 6.45) is 2.19. The summed E-state index contributed by atoms with van der Waals surface area (Å²) in [7, 11) is 0. The van der Waals surface area contributed by atoms with Crippen molar-refractivity contribution in [2.45, 2.75) is 32.9 Å². The van der Waals surface area contributed by atoms with Crippen molar-refractivity contribution in [3.8, 4) is 0 Å². The molecule has 0 spiro atoms. The van der Waals surface area contributed by atoms with Gasteiger partial charge in [-0.15, -0.1) is 0 Å². The molecule has 0 nitrogen and oxygen atoms in total. The molecule has 0 radical (unpaired) electrons. The zero-order valence-corrected chi connectivity index (χ0v) is 10.2. The summed E-state index contributed by atoms with van der Waals surface area (Å²) in [6.45, 7) is 8.46. The van der Waals surface area contributed by atoms with E-state index in [4.69, 9.17) is 0 Å². The molecule has 76 valence electrons. The van der Waals surface area contributed by atoms with Gasteiger partial charge in [-0.3, -0.25) is 0 Å². The van der Waals surface area contributed by atoms with Crippen LogP contribution in [-0.2, 0) is 0 Å². The lowest BCUT2D eigenvalue weighted by Crippen LogP contribution is -1.92. The molecule has 0 N–H and O–H groups in total. The number of benzene rings is 1. The van der Waals surface area contributed by atoms with Gasteiger partial charge in [-0.1, -0.05) is 35.4 Å². The van der Waals surface area contributed by atoms with Gasteiger partial charge in [0.25, 0.3) is 0 Å². The van der Waals surface area contributed by atoms with Gasteiger partial charge in [0.05, 0.1) is 0 Å². The van der Waals surface area contributed by atoms with Crippen molar-refractivity contribution < 1.29 is 0 Å². The van der Waals surface area contributed by atoms with Crippen molar-refractivity contribution in [1.82, 2.24) is 0 Å². The summed E-state index contributed by atoms with van der Waals surface area (Å²) in [4.78, 5) is 0. The van der Waals surface area contributed by atoms with E-state index in [1.54, 1.807) is 0 Å². The minimum absolute atomic E-state index is 0.222. The summed E-state index contributed by atoms with van der Waals surface area (Å²) in [5.41, 5.74) is 5.24. The lowest BCUT2D eigenvalue weighted by Gasteiger charge is -2.11. The SMILES string of the molecule is CC(C)=CC(S)c1cc(C)ccc1C. The Hall–Kier alpha value is -0.690. The maximum absolute atomic E-state index is 4.60. The van der Waals surface area contributed by atoms with Crippen LogP contribution in [0, 0.1) is 13.8 Å². The molecule has 0 aliphatic rings. The molecule has 0 amide bonds. The summed E-state index contributed by atoms with van der Waals surface area (Å²) in [5, 5.41) is 0.222. The summed E-state index contributed by atoms with van der Waals surface area (Å²) in [5.74, 6) is 0. The third-order valence-corrected chi connectivity index (χ3v) is 2.67. The topological polar surface area (TPSA) is 0 Å². The number of hydrogen-bond donors (Lipinski definition) is 1. The summed E-state index contributed by atoms with van der Waals surface area (Å²) >= 11 is 4.60. The average Bonchev–Trinajstić information content (AvgIpc) is 2.08. The highest BCUT2D eigenvalue weighted by Gasteiger charge is 2.06. The third kappa shape index (κ3) is 2.91. The minimum Gasteiger partial charge on any atom is -0.167 e. The van der Waals surface area contributed by atoms with Crippen molar-refractivity contribution in [3.05, 3.63) is 46.5 Å². The Labute approximate surface area is 92.5 Å². The fourth-order valence-corrected chi connectivity index (χ4v) is 2.06. The fourth-order valence-electron chi connectivity index (χ4n) is 1.48. The highest BCUT2D eigenvalue weighted by Crippen LogP contribution is 2.26. The highest BCUT2D eigenvalue weighted by atomic mass is 32.1.